The smallest absolute Gasteiger partial charge is 0.265 e. The van der Waals surface area contributed by atoms with Crippen LogP contribution >= 0.6 is 11.6 Å². The molecule has 0 saturated heterocycles. The molecule has 3 aromatic rings. The second kappa shape index (κ2) is 10.4. The van der Waals surface area contributed by atoms with Gasteiger partial charge in [-0.15, -0.1) is 0 Å². The molecule has 32 heavy (non-hydrogen) atoms. The summed E-state index contributed by atoms with van der Waals surface area (Å²) in [6.45, 7) is 4.00. The molecule has 168 valence electrons. The van der Waals surface area contributed by atoms with Gasteiger partial charge in [0, 0.05) is 16.4 Å². The first kappa shape index (κ1) is 23.4. The van der Waals surface area contributed by atoms with Crippen LogP contribution in [0.4, 0.5) is 11.4 Å². The van der Waals surface area contributed by atoms with Crippen LogP contribution in [0.5, 0.6) is 11.5 Å². The summed E-state index contributed by atoms with van der Waals surface area (Å²) in [6, 6.07) is 19.2. The molecule has 3 aromatic carbocycles. The molecule has 7 nitrogen and oxygen atoms in total. The summed E-state index contributed by atoms with van der Waals surface area (Å²) in [5.74, 6) is 0.749. The van der Waals surface area contributed by atoms with Gasteiger partial charge in [-0.1, -0.05) is 17.7 Å². The molecule has 0 spiro atoms. The van der Waals surface area contributed by atoms with Crippen molar-refractivity contribution in [3.8, 4) is 11.5 Å². The number of amides is 1. The quantitative estimate of drug-likeness (QED) is 0.458. The van der Waals surface area contributed by atoms with Crippen molar-refractivity contribution in [1.82, 2.24) is 0 Å². The largest absolute Gasteiger partial charge is 0.494 e. The highest BCUT2D eigenvalue weighted by atomic mass is 35.5. The van der Waals surface area contributed by atoms with Gasteiger partial charge < -0.3 is 14.8 Å². The molecule has 0 heterocycles. The van der Waals surface area contributed by atoms with Gasteiger partial charge in [0.25, 0.3) is 15.9 Å². The van der Waals surface area contributed by atoms with Crippen LogP contribution in [-0.2, 0) is 14.8 Å². The zero-order valence-electron chi connectivity index (χ0n) is 17.5. The second-order valence-electron chi connectivity index (χ2n) is 6.79. The molecule has 0 aliphatic rings. The Morgan fingerprint density at radius 1 is 0.969 bits per heavy atom. The molecule has 3 rings (SSSR count). The molecule has 0 aliphatic carbocycles. The summed E-state index contributed by atoms with van der Waals surface area (Å²) in [5, 5.41) is 3.20. The van der Waals surface area contributed by atoms with E-state index in [1.807, 2.05) is 6.92 Å². The lowest BCUT2D eigenvalue weighted by Crippen LogP contribution is -2.30. The van der Waals surface area contributed by atoms with E-state index < -0.39 is 16.1 Å². The molecule has 2 N–H and O–H groups in total. The predicted octanol–water partition coefficient (Wildman–Crippen LogP) is 4.95. The molecule has 0 saturated carbocycles. The number of hydrogen-bond donors (Lipinski definition) is 2. The van der Waals surface area contributed by atoms with Gasteiger partial charge in [0.1, 0.15) is 11.5 Å². The minimum atomic E-state index is -3.79. The zero-order valence-corrected chi connectivity index (χ0v) is 19.1. The summed E-state index contributed by atoms with van der Waals surface area (Å²) in [6.07, 6.45) is -0.779. The fourth-order valence-electron chi connectivity index (χ4n) is 2.76. The summed E-state index contributed by atoms with van der Waals surface area (Å²) >= 11 is 5.92. The van der Waals surface area contributed by atoms with Crippen molar-refractivity contribution < 1.29 is 22.7 Å². The molecule has 0 aliphatic heterocycles. The van der Waals surface area contributed by atoms with Crippen LogP contribution in [0.1, 0.15) is 13.8 Å². The highest BCUT2D eigenvalue weighted by Crippen LogP contribution is 2.22. The molecule has 0 unspecified atom stereocenters. The van der Waals surface area contributed by atoms with E-state index in [0.717, 1.165) is 0 Å². The Morgan fingerprint density at radius 3 is 2.25 bits per heavy atom. The Labute approximate surface area is 192 Å². The monoisotopic (exact) mass is 474 g/mol. The minimum Gasteiger partial charge on any atom is -0.494 e. The third-order valence-electron chi connectivity index (χ3n) is 4.33. The summed E-state index contributed by atoms with van der Waals surface area (Å²) in [4.78, 5) is 12.5. The molecule has 0 radical (unpaired) electrons. The standard InChI is InChI=1S/C23H23ClN2O5S/c1-3-30-20-11-7-19(8-12-20)26-32(28,29)22-13-9-18(10-14-22)25-23(27)16(2)31-21-6-4-5-17(24)15-21/h4-16,26H,3H2,1-2H3,(H,25,27)/t16-/m0/s1. The number of sulfonamides is 1. The van der Waals surface area contributed by atoms with Crippen molar-refractivity contribution in [2.75, 3.05) is 16.6 Å². The van der Waals surface area contributed by atoms with Crippen LogP contribution in [0.15, 0.2) is 77.7 Å². The predicted molar refractivity (Wildman–Crippen MR) is 125 cm³/mol. The van der Waals surface area contributed by atoms with Crippen molar-refractivity contribution in [3.63, 3.8) is 0 Å². The van der Waals surface area contributed by atoms with Gasteiger partial charge in [0.2, 0.25) is 0 Å². The molecule has 1 amide bonds. The van der Waals surface area contributed by atoms with Crippen LogP contribution < -0.4 is 19.5 Å². The van der Waals surface area contributed by atoms with E-state index in [4.69, 9.17) is 21.1 Å². The number of nitrogens with one attached hydrogen (secondary N) is 2. The number of carbonyl (C=O) groups is 1. The number of halogens is 1. The van der Waals surface area contributed by atoms with Gasteiger partial charge in [-0.25, -0.2) is 8.42 Å². The maximum Gasteiger partial charge on any atom is 0.265 e. The van der Waals surface area contributed by atoms with E-state index in [2.05, 4.69) is 10.0 Å². The van der Waals surface area contributed by atoms with Crippen LogP contribution in [0.2, 0.25) is 5.02 Å². The van der Waals surface area contributed by atoms with Gasteiger partial charge in [-0.2, -0.15) is 0 Å². The highest BCUT2D eigenvalue weighted by Gasteiger charge is 2.17. The highest BCUT2D eigenvalue weighted by molar-refractivity contribution is 7.92. The fraction of sp³-hybridized carbons (Fsp3) is 0.174. The Kier molecular flexibility index (Phi) is 7.61. The summed E-state index contributed by atoms with van der Waals surface area (Å²) < 4.78 is 38.7. The Balaban J connectivity index is 1.61. The van der Waals surface area contributed by atoms with Crippen molar-refractivity contribution in [2.24, 2.45) is 0 Å². The van der Waals surface area contributed by atoms with Crippen molar-refractivity contribution >= 4 is 38.9 Å². The Hall–Kier alpha value is -3.23. The molecule has 1 atom stereocenters. The first-order valence-corrected chi connectivity index (χ1v) is 11.7. The molecule has 0 aromatic heterocycles. The Bertz CT molecular complexity index is 1170. The summed E-state index contributed by atoms with van der Waals surface area (Å²) in [7, 11) is -3.79. The second-order valence-corrected chi connectivity index (χ2v) is 8.91. The number of carbonyl (C=O) groups excluding carboxylic acids is 1. The summed E-state index contributed by atoms with van der Waals surface area (Å²) in [5.41, 5.74) is 0.856. The van der Waals surface area contributed by atoms with E-state index in [-0.39, 0.29) is 10.8 Å². The Morgan fingerprint density at radius 2 is 1.62 bits per heavy atom. The van der Waals surface area contributed by atoms with Gasteiger partial charge in [0.15, 0.2) is 6.10 Å². The van der Waals surface area contributed by atoms with Crippen molar-refractivity contribution in [2.45, 2.75) is 24.8 Å². The normalized spacial score (nSPS) is 12.0. The lowest BCUT2D eigenvalue weighted by molar-refractivity contribution is -0.122. The minimum absolute atomic E-state index is 0.0626. The number of rotatable bonds is 9. The molecular weight excluding hydrogens is 452 g/mol. The van der Waals surface area contributed by atoms with Gasteiger partial charge in [-0.3, -0.25) is 9.52 Å². The third-order valence-corrected chi connectivity index (χ3v) is 5.96. The SMILES string of the molecule is CCOc1ccc(NS(=O)(=O)c2ccc(NC(=O)[C@H](C)Oc3cccc(Cl)c3)cc2)cc1. The number of ether oxygens (including phenoxy) is 2. The fourth-order valence-corrected chi connectivity index (χ4v) is 4.00. The topological polar surface area (TPSA) is 93.7 Å². The first-order valence-electron chi connectivity index (χ1n) is 9.85. The van der Waals surface area contributed by atoms with Crippen LogP contribution in [-0.4, -0.2) is 27.0 Å². The maximum absolute atomic E-state index is 12.6. The van der Waals surface area contributed by atoms with Crippen molar-refractivity contribution in [1.29, 1.82) is 0 Å². The molecular formula is C23H23ClN2O5S. The first-order chi connectivity index (χ1) is 15.3. The van der Waals surface area contributed by atoms with E-state index in [9.17, 15) is 13.2 Å². The van der Waals surface area contributed by atoms with Gasteiger partial charge in [-0.05, 0) is 80.6 Å². The van der Waals surface area contributed by atoms with Gasteiger partial charge in [0.05, 0.1) is 11.5 Å². The number of benzene rings is 3. The molecule has 9 heteroatoms. The van der Waals surface area contributed by atoms with Crippen molar-refractivity contribution in [3.05, 3.63) is 77.8 Å². The number of hydrogen-bond acceptors (Lipinski definition) is 5. The average molecular weight is 475 g/mol. The van der Waals surface area contributed by atoms with E-state index in [0.29, 0.717) is 34.5 Å². The zero-order chi connectivity index (χ0) is 23.1. The van der Waals surface area contributed by atoms with Gasteiger partial charge >= 0.3 is 0 Å². The lowest BCUT2D eigenvalue weighted by atomic mass is 10.3. The lowest BCUT2D eigenvalue weighted by Gasteiger charge is -2.15. The van der Waals surface area contributed by atoms with Crippen LogP contribution in [0.3, 0.4) is 0 Å². The van der Waals surface area contributed by atoms with Crippen LogP contribution in [0, 0.1) is 0 Å². The maximum atomic E-state index is 12.6. The average Bonchev–Trinajstić information content (AvgIpc) is 2.75. The molecule has 0 fully saturated rings. The number of anilines is 2. The van der Waals surface area contributed by atoms with Crippen LogP contribution in [0.25, 0.3) is 0 Å². The van der Waals surface area contributed by atoms with E-state index >= 15 is 0 Å². The van der Waals surface area contributed by atoms with E-state index in [1.54, 1.807) is 55.5 Å². The third kappa shape index (κ3) is 6.38. The molecule has 0 bridgehead atoms. The van der Waals surface area contributed by atoms with E-state index in [1.165, 1.54) is 24.3 Å².